The summed E-state index contributed by atoms with van der Waals surface area (Å²) in [6.45, 7) is 0. The number of amides is 1. The van der Waals surface area contributed by atoms with Crippen molar-refractivity contribution in [1.82, 2.24) is 0 Å². The van der Waals surface area contributed by atoms with Gasteiger partial charge in [0.05, 0.1) is 12.5 Å². The average Bonchev–Trinajstić information content (AvgIpc) is 2.04. The topological polar surface area (TPSA) is 29.1 Å². The van der Waals surface area contributed by atoms with Crippen LogP contribution in [0.15, 0.2) is 30.3 Å². The molecule has 1 aromatic carbocycles. The van der Waals surface area contributed by atoms with E-state index in [4.69, 9.17) is 0 Å². The minimum atomic E-state index is 0. The molecule has 0 unspecified atom stereocenters. The quantitative estimate of drug-likeness (QED) is 0.670. The Balaban J connectivity index is 0.00000169. The second-order valence-corrected chi connectivity index (χ2v) is 5.30. The van der Waals surface area contributed by atoms with Gasteiger partial charge in [-0.3, -0.25) is 4.79 Å². The molecule has 0 saturated heterocycles. The molecule has 78 valence electrons. The van der Waals surface area contributed by atoms with Crippen LogP contribution in [0.1, 0.15) is 0 Å². The number of para-hydroxylation sites is 1. The van der Waals surface area contributed by atoms with Gasteiger partial charge in [-0.25, -0.2) is 0 Å². The summed E-state index contributed by atoms with van der Waals surface area (Å²) < 4.78 is 0. The highest BCUT2D eigenvalue weighted by Crippen LogP contribution is 2.04. The van der Waals surface area contributed by atoms with Crippen molar-refractivity contribution in [1.29, 1.82) is 0 Å². The molecule has 0 bridgehead atoms. The molecule has 0 spiro atoms. The van der Waals surface area contributed by atoms with Crippen LogP contribution in [0.5, 0.6) is 0 Å². The first-order valence-electron chi connectivity index (χ1n) is 4.07. The number of carbonyl (C=O) groups is 1. The first-order valence-corrected chi connectivity index (χ1v) is 6.28. The van der Waals surface area contributed by atoms with E-state index in [9.17, 15) is 4.79 Å². The van der Waals surface area contributed by atoms with E-state index in [0.29, 0.717) is 5.75 Å². The summed E-state index contributed by atoms with van der Waals surface area (Å²) >= 11 is 0. The smallest absolute Gasteiger partial charge is 0.274 e. The fraction of sp³-hybridized carbons (Fsp3) is 0.300. The molecule has 14 heavy (non-hydrogen) atoms. The van der Waals surface area contributed by atoms with Gasteiger partial charge in [0, 0.05) is 5.69 Å². The standard InChI is InChI=1S/C10H13NOS.BrH/c1-13(2)8-10(12)11-9-6-4-3-5-7-9;/h3-7H,8H2,1-2H3;1H. The number of anilines is 1. The van der Waals surface area contributed by atoms with Crippen LogP contribution < -0.4 is 22.3 Å². The molecule has 4 heteroatoms. The molecular weight excluding hydrogens is 262 g/mol. The Morgan fingerprint density at radius 2 is 1.86 bits per heavy atom. The lowest BCUT2D eigenvalue weighted by molar-refractivity contribution is -0.113. The van der Waals surface area contributed by atoms with Gasteiger partial charge in [-0.15, -0.1) is 0 Å². The van der Waals surface area contributed by atoms with Gasteiger partial charge in [-0.2, -0.15) is 0 Å². The molecule has 0 saturated carbocycles. The summed E-state index contributed by atoms with van der Waals surface area (Å²) in [5.74, 6) is 0.703. The van der Waals surface area contributed by atoms with Crippen LogP contribution in [0.3, 0.4) is 0 Å². The van der Waals surface area contributed by atoms with Crippen molar-refractivity contribution in [3.63, 3.8) is 0 Å². The molecule has 1 N–H and O–H groups in total. The zero-order chi connectivity index (χ0) is 9.68. The van der Waals surface area contributed by atoms with Gasteiger partial charge >= 0.3 is 0 Å². The summed E-state index contributed by atoms with van der Waals surface area (Å²) in [6.07, 6.45) is 4.12. The maximum absolute atomic E-state index is 11.3. The van der Waals surface area contributed by atoms with E-state index in [2.05, 4.69) is 17.8 Å². The van der Waals surface area contributed by atoms with Crippen molar-refractivity contribution < 1.29 is 21.8 Å². The number of benzene rings is 1. The zero-order valence-electron chi connectivity index (χ0n) is 8.29. The van der Waals surface area contributed by atoms with E-state index >= 15 is 0 Å². The predicted octanol–water partition coefficient (Wildman–Crippen LogP) is -1.49. The molecule has 0 fully saturated rings. The molecule has 1 aromatic rings. The molecule has 0 radical (unpaired) electrons. The van der Waals surface area contributed by atoms with Gasteiger partial charge in [-0.05, 0) is 23.0 Å². The number of rotatable bonds is 3. The SMILES string of the molecule is C[S+](C)CC(=O)Nc1ccccc1.[Br-]. The normalized spacial score (nSPS) is 9.36. The van der Waals surface area contributed by atoms with Gasteiger partial charge in [-0.1, -0.05) is 18.2 Å². The van der Waals surface area contributed by atoms with E-state index in [1.54, 1.807) is 0 Å². The minimum absolute atomic E-state index is 0. The molecule has 1 amide bonds. The van der Waals surface area contributed by atoms with Crippen molar-refractivity contribution in [2.75, 3.05) is 23.6 Å². The number of hydrogen-bond acceptors (Lipinski definition) is 1. The second kappa shape index (κ2) is 6.90. The van der Waals surface area contributed by atoms with Crippen LogP contribution in [0.2, 0.25) is 0 Å². The highest BCUT2D eigenvalue weighted by molar-refractivity contribution is 7.96. The Morgan fingerprint density at radius 1 is 1.29 bits per heavy atom. The Bertz CT molecular complexity index is 277. The van der Waals surface area contributed by atoms with E-state index in [0.717, 1.165) is 5.69 Å². The summed E-state index contributed by atoms with van der Waals surface area (Å²) in [4.78, 5) is 11.3. The first-order chi connectivity index (χ1) is 6.18. The third-order valence-corrected chi connectivity index (χ3v) is 2.32. The molecule has 2 nitrogen and oxygen atoms in total. The van der Waals surface area contributed by atoms with Crippen molar-refractivity contribution in [3.8, 4) is 0 Å². The largest absolute Gasteiger partial charge is 1.00 e. The van der Waals surface area contributed by atoms with Gasteiger partial charge in [0.2, 0.25) is 0 Å². The minimum Gasteiger partial charge on any atom is -1.00 e. The highest BCUT2D eigenvalue weighted by Gasteiger charge is 2.10. The lowest BCUT2D eigenvalue weighted by Crippen LogP contribution is -3.00. The Kier molecular flexibility index (Phi) is 6.66. The summed E-state index contributed by atoms with van der Waals surface area (Å²) in [5, 5.41) is 2.84. The lowest BCUT2D eigenvalue weighted by Gasteiger charge is -2.02. The Labute approximate surface area is 98.2 Å². The predicted molar refractivity (Wildman–Crippen MR) is 59.2 cm³/mol. The monoisotopic (exact) mass is 275 g/mol. The van der Waals surface area contributed by atoms with Crippen LogP contribution in [0.25, 0.3) is 0 Å². The molecular formula is C10H14BrNOS. The lowest BCUT2D eigenvalue weighted by atomic mass is 10.3. The number of carbonyl (C=O) groups excluding carboxylic acids is 1. The van der Waals surface area contributed by atoms with Crippen molar-refractivity contribution in [2.45, 2.75) is 0 Å². The molecule has 1 rings (SSSR count). The van der Waals surface area contributed by atoms with Crippen molar-refractivity contribution in [2.24, 2.45) is 0 Å². The van der Waals surface area contributed by atoms with Gasteiger partial charge in [0.15, 0.2) is 5.75 Å². The molecule has 0 atom stereocenters. The van der Waals surface area contributed by atoms with Crippen molar-refractivity contribution >= 4 is 22.5 Å². The Morgan fingerprint density at radius 3 is 2.36 bits per heavy atom. The van der Waals surface area contributed by atoms with Gasteiger partial charge in [0.25, 0.3) is 5.91 Å². The van der Waals surface area contributed by atoms with E-state index < -0.39 is 0 Å². The number of hydrogen-bond donors (Lipinski definition) is 1. The third kappa shape index (κ3) is 5.29. The van der Waals surface area contributed by atoms with E-state index in [1.807, 2.05) is 30.3 Å². The number of halogens is 1. The molecule has 0 aliphatic heterocycles. The highest BCUT2D eigenvalue weighted by atomic mass is 79.9. The van der Waals surface area contributed by atoms with E-state index in [1.165, 1.54) is 0 Å². The Hall–Kier alpha value is -0.480. The van der Waals surface area contributed by atoms with Crippen LogP contribution >= 0.6 is 0 Å². The molecule has 0 heterocycles. The fourth-order valence-corrected chi connectivity index (χ4v) is 1.58. The molecule has 0 aliphatic carbocycles. The summed E-state index contributed by atoms with van der Waals surface area (Å²) in [5.41, 5.74) is 0.873. The summed E-state index contributed by atoms with van der Waals surface area (Å²) in [7, 11) is 0.169. The average molecular weight is 276 g/mol. The van der Waals surface area contributed by atoms with Crippen LogP contribution in [-0.4, -0.2) is 24.2 Å². The van der Waals surface area contributed by atoms with E-state index in [-0.39, 0.29) is 33.8 Å². The maximum Gasteiger partial charge on any atom is 0.274 e. The zero-order valence-corrected chi connectivity index (χ0v) is 10.7. The first kappa shape index (κ1) is 13.5. The molecule has 0 aliphatic rings. The van der Waals surface area contributed by atoms with Gasteiger partial charge in [0.1, 0.15) is 0 Å². The van der Waals surface area contributed by atoms with Crippen molar-refractivity contribution in [3.05, 3.63) is 30.3 Å². The van der Waals surface area contributed by atoms with Crippen LogP contribution in [-0.2, 0) is 15.7 Å². The van der Waals surface area contributed by atoms with Gasteiger partial charge < -0.3 is 22.3 Å². The summed E-state index contributed by atoms with van der Waals surface area (Å²) in [6, 6.07) is 9.53. The number of nitrogens with one attached hydrogen (secondary N) is 1. The van der Waals surface area contributed by atoms with Crippen LogP contribution in [0.4, 0.5) is 5.69 Å². The molecule has 0 aromatic heterocycles. The third-order valence-electron chi connectivity index (χ3n) is 1.48. The fourth-order valence-electron chi connectivity index (χ4n) is 0.981. The van der Waals surface area contributed by atoms with Crippen LogP contribution in [0, 0.1) is 0 Å². The maximum atomic E-state index is 11.3. The second-order valence-electron chi connectivity index (χ2n) is 3.04.